The normalized spacial score (nSPS) is 20.7. The van der Waals surface area contributed by atoms with Crippen molar-refractivity contribution >= 4 is 0 Å². The maximum atomic E-state index is 9.19. The van der Waals surface area contributed by atoms with E-state index in [0.29, 0.717) is 12.6 Å². The van der Waals surface area contributed by atoms with Crippen LogP contribution in [0.25, 0.3) is 0 Å². The third-order valence-electron chi connectivity index (χ3n) is 3.65. The van der Waals surface area contributed by atoms with Crippen molar-refractivity contribution in [3.63, 3.8) is 0 Å². The molecule has 1 aromatic rings. The number of morpholine rings is 1. The summed E-state index contributed by atoms with van der Waals surface area (Å²) in [4.78, 5) is 4.66. The van der Waals surface area contributed by atoms with Gasteiger partial charge in [0.05, 0.1) is 25.9 Å². The first-order valence-corrected chi connectivity index (χ1v) is 7.40. The molecule has 0 spiro atoms. The van der Waals surface area contributed by atoms with Crippen LogP contribution in [0, 0.1) is 6.92 Å². The molecule has 1 unspecified atom stereocenters. The summed E-state index contributed by atoms with van der Waals surface area (Å²) in [6, 6.07) is 3.99. The van der Waals surface area contributed by atoms with E-state index in [1.54, 1.807) is 0 Å². The number of aliphatic hydroxyl groups excluding tert-OH is 1. The first kappa shape index (κ1) is 15.5. The second-order valence-electron chi connectivity index (χ2n) is 5.49. The van der Waals surface area contributed by atoms with Gasteiger partial charge in [0.25, 0.3) is 0 Å². The summed E-state index contributed by atoms with van der Waals surface area (Å²) in [6.45, 7) is 10.4. The summed E-state index contributed by atoms with van der Waals surface area (Å²) < 4.78 is 11.2. The van der Waals surface area contributed by atoms with E-state index in [0.717, 1.165) is 50.9 Å². The van der Waals surface area contributed by atoms with Crippen LogP contribution in [0.3, 0.4) is 0 Å². The SMILES string of the molecule is Cc1ccc(CN(CCO)CCN2CCOC(C)C2)o1. The lowest BCUT2D eigenvalue weighted by atomic mass is 10.3. The van der Waals surface area contributed by atoms with E-state index in [1.165, 1.54) is 0 Å². The van der Waals surface area contributed by atoms with Crippen molar-refractivity contribution in [2.75, 3.05) is 45.9 Å². The standard InChI is InChI=1S/C15H26N2O3/c1-13-3-4-15(20-13)12-16(7-9-18)5-6-17-8-10-19-14(2)11-17/h3-4,14,18H,5-12H2,1-2H3. The van der Waals surface area contributed by atoms with Crippen molar-refractivity contribution in [3.05, 3.63) is 23.7 Å². The lowest BCUT2D eigenvalue weighted by Crippen LogP contribution is -2.44. The molecule has 0 saturated carbocycles. The van der Waals surface area contributed by atoms with Gasteiger partial charge in [-0.2, -0.15) is 0 Å². The zero-order valence-corrected chi connectivity index (χ0v) is 12.5. The Morgan fingerprint density at radius 1 is 1.40 bits per heavy atom. The lowest BCUT2D eigenvalue weighted by Gasteiger charge is -2.32. The molecule has 2 heterocycles. The topological polar surface area (TPSA) is 49.1 Å². The highest BCUT2D eigenvalue weighted by Crippen LogP contribution is 2.10. The number of hydrogen-bond donors (Lipinski definition) is 1. The van der Waals surface area contributed by atoms with Gasteiger partial charge in [-0.1, -0.05) is 0 Å². The molecule has 1 aromatic heterocycles. The molecule has 0 aliphatic carbocycles. The van der Waals surface area contributed by atoms with Gasteiger partial charge in [-0.15, -0.1) is 0 Å². The minimum atomic E-state index is 0.180. The van der Waals surface area contributed by atoms with Crippen molar-refractivity contribution in [1.82, 2.24) is 9.80 Å². The van der Waals surface area contributed by atoms with E-state index in [2.05, 4.69) is 16.7 Å². The predicted octanol–water partition coefficient (Wildman–Crippen LogP) is 1.10. The highest BCUT2D eigenvalue weighted by molar-refractivity contribution is 5.05. The zero-order chi connectivity index (χ0) is 14.4. The van der Waals surface area contributed by atoms with Crippen molar-refractivity contribution < 1.29 is 14.3 Å². The molecule has 1 aliphatic heterocycles. The van der Waals surface area contributed by atoms with E-state index in [4.69, 9.17) is 9.15 Å². The minimum absolute atomic E-state index is 0.180. The van der Waals surface area contributed by atoms with E-state index >= 15 is 0 Å². The fraction of sp³-hybridized carbons (Fsp3) is 0.733. The second kappa shape index (κ2) is 7.78. The molecule has 1 atom stereocenters. The Morgan fingerprint density at radius 3 is 2.90 bits per heavy atom. The fourth-order valence-corrected chi connectivity index (χ4v) is 2.58. The Bertz CT molecular complexity index is 394. The molecule has 0 radical (unpaired) electrons. The Hall–Kier alpha value is -0.880. The van der Waals surface area contributed by atoms with E-state index in [9.17, 15) is 5.11 Å². The monoisotopic (exact) mass is 282 g/mol. The van der Waals surface area contributed by atoms with Crippen LogP contribution >= 0.6 is 0 Å². The number of rotatable bonds is 7. The number of nitrogens with zero attached hydrogens (tertiary/aromatic N) is 2. The van der Waals surface area contributed by atoms with Gasteiger partial charge >= 0.3 is 0 Å². The van der Waals surface area contributed by atoms with Gasteiger partial charge in [0, 0.05) is 32.7 Å². The van der Waals surface area contributed by atoms with Crippen LogP contribution in [0.2, 0.25) is 0 Å². The molecule has 0 bridgehead atoms. The quantitative estimate of drug-likeness (QED) is 0.811. The second-order valence-corrected chi connectivity index (χ2v) is 5.49. The van der Waals surface area contributed by atoms with Gasteiger partial charge in [0.15, 0.2) is 0 Å². The smallest absolute Gasteiger partial charge is 0.118 e. The van der Waals surface area contributed by atoms with Crippen LogP contribution in [-0.2, 0) is 11.3 Å². The number of aliphatic hydroxyl groups is 1. The molecule has 0 amide bonds. The van der Waals surface area contributed by atoms with Crippen LogP contribution in [-0.4, -0.2) is 66.9 Å². The summed E-state index contributed by atoms with van der Waals surface area (Å²) in [5, 5.41) is 9.19. The van der Waals surface area contributed by atoms with E-state index < -0.39 is 0 Å². The van der Waals surface area contributed by atoms with Crippen molar-refractivity contribution in [2.24, 2.45) is 0 Å². The highest BCUT2D eigenvalue weighted by Gasteiger charge is 2.17. The number of furan rings is 1. The Balaban J connectivity index is 1.79. The molecule has 1 saturated heterocycles. The molecule has 1 N–H and O–H groups in total. The maximum absolute atomic E-state index is 9.19. The molecule has 5 nitrogen and oxygen atoms in total. The number of aryl methyl sites for hydroxylation is 1. The van der Waals surface area contributed by atoms with Gasteiger partial charge in [-0.05, 0) is 26.0 Å². The fourth-order valence-electron chi connectivity index (χ4n) is 2.58. The van der Waals surface area contributed by atoms with Gasteiger partial charge in [0.1, 0.15) is 11.5 Å². The van der Waals surface area contributed by atoms with E-state index in [1.807, 2.05) is 19.1 Å². The summed E-state index contributed by atoms with van der Waals surface area (Å²) in [6.07, 6.45) is 0.322. The summed E-state index contributed by atoms with van der Waals surface area (Å²) in [5.74, 6) is 1.90. The van der Waals surface area contributed by atoms with Crippen molar-refractivity contribution in [3.8, 4) is 0 Å². The molecule has 2 rings (SSSR count). The third kappa shape index (κ3) is 4.90. The van der Waals surface area contributed by atoms with Crippen LogP contribution < -0.4 is 0 Å². The van der Waals surface area contributed by atoms with Gasteiger partial charge in [-0.25, -0.2) is 0 Å². The summed E-state index contributed by atoms with van der Waals surface area (Å²) in [5.41, 5.74) is 0. The average Bonchev–Trinajstić information content (AvgIpc) is 2.82. The first-order valence-electron chi connectivity index (χ1n) is 7.40. The molecule has 1 aliphatic rings. The average molecular weight is 282 g/mol. The zero-order valence-electron chi connectivity index (χ0n) is 12.5. The molecule has 5 heteroatoms. The maximum Gasteiger partial charge on any atom is 0.118 e. The molecule has 20 heavy (non-hydrogen) atoms. The van der Waals surface area contributed by atoms with Crippen LogP contribution in [0.4, 0.5) is 0 Å². The van der Waals surface area contributed by atoms with E-state index in [-0.39, 0.29) is 6.61 Å². The molecular weight excluding hydrogens is 256 g/mol. The minimum Gasteiger partial charge on any atom is -0.465 e. The molecule has 0 aromatic carbocycles. The molecular formula is C15H26N2O3. The van der Waals surface area contributed by atoms with Crippen LogP contribution in [0.1, 0.15) is 18.4 Å². The molecule has 114 valence electrons. The Morgan fingerprint density at radius 2 is 2.25 bits per heavy atom. The van der Waals surface area contributed by atoms with Gasteiger partial charge < -0.3 is 14.3 Å². The number of hydrogen-bond acceptors (Lipinski definition) is 5. The Labute approximate surface area is 121 Å². The van der Waals surface area contributed by atoms with Gasteiger partial charge in [-0.3, -0.25) is 9.80 Å². The summed E-state index contributed by atoms with van der Waals surface area (Å²) in [7, 11) is 0. The van der Waals surface area contributed by atoms with Crippen molar-refractivity contribution in [2.45, 2.75) is 26.5 Å². The van der Waals surface area contributed by atoms with Crippen molar-refractivity contribution in [1.29, 1.82) is 0 Å². The molecule has 1 fully saturated rings. The van der Waals surface area contributed by atoms with Gasteiger partial charge in [0.2, 0.25) is 0 Å². The highest BCUT2D eigenvalue weighted by atomic mass is 16.5. The third-order valence-corrected chi connectivity index (χ3v) is 3.65. The summed E-state index contributed by atoms with van der Waals surface area (Å²) >= 11 is 0. The predicted molar refractivity (Wildman–Crippen MR) is 77.7 cm³/mol. The van der Waals surface area contributed by atoms with Crippen LogP contribution in [0.15, 0.2) is 16.5 Å². The largest absolute Gasteiger partial charge is 0.465 e. The number of ether oxygens (including phenoxy) is 1. The Kier molecular flexibility index (Phi) is 6.04. The van der Waals surface area contributed by atoms with Crippen LogP contribution in [0.5, 0.6) is 0 Å². The first-order chi connectivity index (χ1) is 9.67. The lowest BCUT2D eigenvalue weighted by molar-refractivity contribution is -0.0213.